The molecule has 1 nitrogen and oxygen atoms in total. The molecule has 25 heavy (non-hydrogen) atoms. The van der Waals surface area contributed by atoms with Crippen LogP contribution in [-0.2, 0) is 0 Å². The molecule has 2 saturated carbocycles. The Bertz CT molecular complexity index is 739. The first-order valence-corrected chi connectivity index (χ1v) is 11.5. The Kier molecular flexibility index (Phi) is 5.45. The number of hydrogen-bond donors (Lipinski definition) is 0. The van der Waals surface area contributed by atoms with Crippen LogP contribution in [0.3, 0.4) is 0 Å². The van der Waals surface area contributed by atoms with Gasteiger partial charge in [0.05, 0.1) is 6.61 Å². The molecule has 2 aliphatic rings. The highest BCUT2D eigenvalue weighted by molar-refractivity contribution is 8.14. The van der Waals surface area contributed by atoms with Gasteiger partial charge in [-0.25, -0.2) is 0 Å². The van der Waals surface area contributed by atoms with Gasteiger partial charge in [-0.15, -0.1) is 0 Å². The summed E-state index contributed by atoms with van der Waals surface area (Å²) in [6, 6.07) is 13.3. The van der Waals surface area contributed by atoms with Gasteiger partial charge in [0.1, 0.15) is 5.75 Å². The van der Waals surface area contributed by atoms with E-state index < -0.39 is 0 Å². The predicted octanol–water partition coefficient (Wildman–Crippen LogP) is 6.80. The van der Waals surface area contributed by atoms with Gasteiger partial charge < -0.3 is 4.74 Å². The molecular formula is C23H30OS. The minimum atomic E-state index is 0.0946. The number of rotatable bonds is 5. The maximum atomic E-state index is 6.30. The summed E-state index contributed by atoms with van der Waals surface area (Å²) >= 11 is 0. The average molecular weight is 355 g/mol. The SMILES string of the molecule is C=S(c1ccc(OCC2CCCCC2)c2ccccc12)C1CCCC1. The second-order valence-corrected chi connectivity index (χ2v) is 9.72. The van der Waals surface area contributed by atoms with Gasteiger partial charge in [-0.3, -0.25) is 0 Å². The Hall–Kier alpha value is -1.28. The summed E-state index contributed by atoms with van der Waals surface area (Å²) in [5, 5.41) is 3.40. The molecule has 1 unspecified atom stereocenters. The smallest absolute Gasteiger partial charge is 0.127 e. The fourth-order valence-electron chi connectivity index (χ4n) is 4.51. The molecule has 0 heterocycles. The molecule has 0 aliphatic heterocycles. The Morgan fingerprint density at radius 3 is 2.28 bits per heavy atom. The number of ether oxygens (including phenoxy) is 1. The van der Waals surface area contributed by atoms with Gasteiger partial charge >= 0.3 is 0 Å². The molecule has 2 heteroatoms. The molecule has 0 amide bonds. The van der Waals surface area contributed by atoms with Crippen LogP contribution in [0.15, 0.2) is 41.3 Å². The Labute approximate surface area is 154 Å². The molecule has 134 valence electrons. The van der Waals surface area contributed by atoms with Crippen molar-refractivity contribution >= 4 is 27.1 Å². The van der Waals surface area contributed by atoms with Gasteiger partial charge in [-0.2, -0.15) is 10.5 Å². The summed E-state index contributed by atoms with van der Waals surface area (Å²) in [5.74, 6) is 6.38. The van der Waals surface area contributed by atoms with Gasteiger partial charge in [0.15, 0.2) is 0 Å². The Morgan fingerprint density at radius 2 is 1.52 bits per heavy atom. The van der Waals surface area contributed by atoms with Crippen LogP contribution >= 0.6 is 10.5 Å². The average Bonchev–Trinajstić information content (AvgIpc) is 3.21. The molecular weight excluding hydrogens is 324 g/mol. The van der Waals surface area contributed by atoms with Crippen molar-refractivity contribution in [3.05, 3.63) is 36.4 Å². The van der Waals surface area contributed by atoms with Crippen molar-refractivity contribution in [2.24, 2.45) is 5.92 Å². The fraction of sp³-hybridized carbons (Fsp3) is 0.522. The number of fused-ring (bicyclic) bond motifs is 1. The van der Waals surface area contributed by atoms with E-state index in [1.54, 1.807) is 0 Å². The normalized spacial score (nSPS) is 20.8. The molecule has 0 radical (unpaired) electrons. The van der Waals surface area contributed by atoms with Crippen molar-refractivity contribution in [1.82, 2.24) is 0 Å². The van der Waals surface area contributed by atoms with Crippen LogP contribution in [0.25, 0.3) is 10.8 Å². The standard InChI is InChI=1S/C23H30OS/c1-25(19-11-5-6-12-19)23-16-15-22(20-13-7-8-14-21(20)23)24-17-18-9-3-2-4-10-18/h7-8,13-16,18-19H,1-6,9-12,17H2. The Balaban J connectivity index is 1.58. The molecule has 2 fully saturated rings. The first-order valence-electron chi connectivity index (χ1n) is 10.0. The molecule has 0 saturated heterocycles. The molecule has 2 aromatic carbocycles. The number of hydrogen-bond acceptors (Lipinski definition) is 1. The minimum absolute atomic E-state index is 0.0946. The summed E-state index contributed by atoms with van der Waals surface area (Å²) in [4.78, 5) is 1.44. The highest BCUT2D eigenvalue weighted by atomic mass is 32.2. The summed E-state index contributed by atoms with van der Waals surface area (Å²) in [6.07, 6.45) is 12.3. The van der Waals surface area contributed by atoms with E-state index in [2.05, 4.69) is 42.3 Å². The number of benzene rings is 2. The van der Waals surface area contributed by atoms with Crippen molar-refractivity contribution in [2.45, 2.75) is 67.9 Å². The summed E-state index contributed by atoms with van der Waals surface area (Å²) in [5.41, 5.74) is 0. The van der Waals surface area contributed by atoms with E-state index in [0.717, 1.165) is 23.5 Å². The van der Waals surface area contributed by atoms with Crippen LogP contribution < -0.4 is 4.74 Å². The zero-order valence-electron chi connectivity index (χ0n) is 15.2. The third-order valence-electron chi connectivity index (χ3n) is 6.03. The van der Waals surface area contributed by atoms with Crippen LogP contribution in [0.1, 0.15) is 57.8 Å². The van der Waals surface area contributed by atoms with Gasteiger partial charge in [0, 0.05) is 15.5 Å². The third kappa shape index (κ3) is 3.79. The lowest BCUT2D eigenvalue weighted by molar-refractivity contribution is 0.210. The third-order valence-corrected chi connectivity index (χ3v) is 8.23. The van der Waals surface area contributed by atoms with Crippen LogP contribution in [0.2, 0.25) is 0 Å². The monoisotopic (exact) mass is 354 g/mol. The van der Waals surface area contributed by atoms with E-state index >= 15 is 0 Å². The largest absolute Gasteiger partial charge is 0.493 e. The van der Waals surface area contributed by atoms with E-state index in [1.807, 2.05) is 0 Å². The van der Waals surface area contributed by atoms with Gasteiger partial charge in [-0.1, -0.05) is 62.2 Å². The zero-order valence-corrected chi connectivity index (χ0v) is 16.0. The van der Waals surface area contributed by atoms with Crippen molar-refractivity contribution in [2.75, 3.05) is 6.61 Å². The van der Waals surface area contributed by atoms with E-state index in [4.69, 9.17) is 4.74 Å². The van der Waals surface area contributed by atoms with Crippen molar-refractivity contribution in [3.8, 4) is 5.75 Å². The van der Waals surface area contributed by atoms with E-state index in [-0.39, 0.29) is 10.5 Å². The maximum absolute atomic E-state index is 6.30. The summed E-state index contributed by atoms with van der Waals surface area (Å²) in [6.45, 7) is 0.877. The van der Waals surface area contributed by atoms with Crippen LogP contribution in [-0.4, -0.2) is 17.7 Å². The highest BCUT2D eigenvalue weighted by Crippen LogP contribution is 2.44. The van der Waals surface area contributed by atoms with E-state index in [9.17, 15) is 0 Å². The second kappa shape index (κ2) is 7.95. The first-order chi connectivity index (χ1) is 12.3. The Morgan fingerprint density at radius 1 is 0.840 bits per heavy atom. The molecule has 4 rings (SSSR count). The quantitative estimate of drug-likeness (QED) is 0.536. The molecule has 0 aromatic heterocycles. The van der Waals surface area contributed by atoms with Gasteiger partial charge in [-0.05, 0) is 49.1 Å². The predicted molar refractivity (Wildman–Crippen MR) is 111 cm³/mol. The van der Waals surface area contributed by atoms with E-state index in [1.165, 1.54) is 73.5 Å². The lowest BCUT2D eigenvalue weighted by Crippen LogP contribution is -2.15. The first kappa shape index (κ1) is 17.1. The summed E-state index contributed by atoms with van der Waals surface area (Å²) in [7, 11) is 0.0946. The maximum Gasteiger partial charge on any atom is 0.127 e. The zero-order chi connectivity index (χ0) is 17.1. The second-order valence-electron chi connectivity index (χ2n) is 7.76. The van der Waals surface area contributed by atoms with Crippen molar-refractivity contribution in [1.29, 1.82) is 0 Å². The fourth-order valence-corrected chi connectivity index (χ4v) is 6.48. The lowest BCUT2D eigenvalue weighted by atomic mass is 9.90. The van der Waals surface area contributed by atoms with Gasteiger partial charge in [0.25, 0.3) is 0 Å². The topological polar surface area (TPSA) is 9.23 Å². The van der Waals surface area contributed by atoms with Crippen molar-refractivity contribution in [3.63, 3.8) is 0 Å². The van der Waals surface area contributed by atoms with Crippen LogP contribution in [0, 0.1) is 5.92 Å². The molecule has 0 bridgehead atoms. The van der Waals surface area contributed by atoms with Crippen molar-refractivity contribution < 1.29 is 4.74 Å². The molecule has 0 N–H and O–H groups in total. The van der Waals surface area contributed by atoms with Gasteiger partial charge in [0.2, 0.25) is 0 Å². The molecule has 0 spiro atoms. The van der Waals surface area contributed by atoms with Crippen LogP contribution in [0.4, 0.5) is 0 Å². The minimum Gasteiger partial charge on any atom is -0.493 e. The lowest BCUT2D eigenvalue weighted by Gasteiger charge is -2.23. The van der Waals surface area contributed by atoms with E-state index in [0.29, 0.717) is 0 Å². The molecule has 2 aliphatic carbocycles. The van der Waals surface area contributed by atoms with Crippen LogP contribution in [0.5, 0.6) is 5.75 Å². The highest BCUT2D eigenvalue weighted by Gasteiger charge is 2.20. The molecule has 1 atom stereocenters. The molecule has 2 aromatic rings. The summed E-state index contributed by atoms with van der Waals surface area (Å²) < 4.78 is 6.30.